The number of nitrogens with zero attached hydrogens (tertiary/aromatic N) is 3. The standard InChI is InChI=1S/C12H8F4N4O2S/c13-10-3-11(6-17-5-10)20-7-9(4-18-20)1-2-23(21,22)19-8-12(14,15)16/h3-7,19H,8H2. The number of sulfonamides is 1. The number of hydrogen-bond acceptors (Lipinski definition) is 4. The van der Waals surface area contributed by atoms with E-state index in [9.17, 15) is 26.0 Å². The molecule has 0 radical (unpaired) electrons. The first kappa shape index (κ1) is 16.9. The van der Waals surface area contributed by atoms with Gasteiger partial charge in [-0.15, -0.1) is 0 Å². The van der Waals surface area contributed by atoms with Crippen LogP contribution in [0.15, 0.2) is 30.9 Å². The molecule has 11 heteroatoms. The molecular weight excluding hydrogens is 340 g/mol. The monoisotopic (exact) mass is 348 g/mol. The Morgan fingerprint density at radius 1 is 1.26 bits per heavy atom. The highest BCUT2D eigenvalue weighted by molar-refractivity contribution is 7.94. The quantitative estimate of drug-likeness (QED) is 0.668. The third-order valence-electron chi connectivity index (χ3n) is 2.33. The molecule has 0 aromatic carbocycles. The summed E-state index contributed by atoms with van der Waals surface area (Å²) in [7, 11) is -4.42. The SMILES string of the molecule is O=S(=O)(C#Cc1cnn(-c2cncc(F)c2)c1)NCC(F)(F)F. The maximum atomic E-state index is 13.0. The van der Waals surface area contributed by atoms with E-state index in [0.29, 0.717) is 0 Å². The maximum Gasteiger partial charge on any atom is 0.402 e. The van der Waals surface area contributed by atoms with Crippen molar-refractivity contribution in [2.24, 2.45) is 0 Å². The molecule has 0 aliphatic rings. The van der Waals surface area contributed by atoms with Crippen molar-refractivity contribution in [2.75, 3.05) is 6.54 Å². The van der Waals surface area contributed by atoms with Gasteiger partial charge in [0.1, 0.15) is 12.4 Å². The first-order chi connectivity index (χ1) is 10.6. The second-order valence-corrected chi connectivity index (χ2v) is 5.70. The van der Waals surface area contributed by atoms with Crippen molar-refractivity contribution < 1.29 is 26.0 Å². The molecule has 2 rings (SSSR count). The van der Waals surface area contributed by atoms with Crippen LogP contribution in [-0.4, -0.2) is 35.9 Å². The molecule has 0 unspecified atom stereocenters. The average Bonchev–Trinajstić information content (AvgIpc) is 2.92. The van der Waals surface area contributed by atoms with Crippen LogP contribution in [0.5, 0.6) is 0 Å². The smallest absolute Gasteiger partial charge is 0.259 e. The van der Waals surface area contributed by atoms with E-state index < -0.39 is 28.6 Å². The number of halogens is 4. The van der Waals surface area contributed by atoms with Crippen molar-refractivity contribution in [3.05, 3.63) is 42.2 Å². The fraction of sp³-hybridized carbons (Fsp3) is 0.167. The maximum absolute atomic E-state index is 13.0. The molecule has 122 valence electrons. The number of pyridine rings is 1. The van der Waals surface area contributed by atoms with Crippen LogP contribution in [0.2, 0.25) is 0 Å². The molecule has 0 saturated carbocycles. The van der Waals surface area contributed by atoms with Crippen LogP contribution in [0.4, 0.5) is 17.6 Å². The van der Waals surface area contributed by atoms with Crippen molar-refractivity contribution in [3.63, 3.8) is 0 Å². The van der Waals surface area contributed by atoms with Crippen LogP contribution in [0.1, 0.15) is 5.56 Å². The van der Waals surface area contributed by atoms with Gasteiger partial charge >= 0.3 is 6.18 Å². The number of rotatable bonds is 3. The summed E-state index contributed by atoms with van der Waals surface area (Å²) in [6, 6.07) is 1.14. The van der Waals surface area contributed by atoms with Crippen molar-refractivity contribution in [1.29, 1.82) is 0 Å². The minimum Gasteiger partial charge on any atom is -0.259 e. The summed E-state index contributed by atoms with van der Waals surface area (Å²) in [6.45, 7) is -1.71. The minimum atomic E-state index is -4.68. The second kappa shape index (κ2) is 6.35. The molecular formula is C12H8F4N4O2S. The van der Waals surface area contributed by atoms with Crippen LogP contribution in [0, 0.1) is 17.0 Å². The van der Waals surface area contributed by atoms with Gasteiger partial charge in [0, 0.05) is 17.5 Å². The molecule has 0 aliphatic carbocycles. The normalized spacial score (nSPS) is 11.8. The summed E-state index contributed by atoms with van der Waals surface area (Å²) in [5.41, 5.74) is 0.391. The molecule has 0 fully saturated rings. The lowest BCUT2D eigenvalue weighted by molar-refractivity contribution is -0.121. The third-order valence-corrected chi connectivity index (χ3v) is 3.23. The van der Waals surface area contributed by atoms with E-state index >= 15 is 0 Å². The van der Waals surface area contributed by atoms with Crippen molar-refractivity contribution in [2.45, 2.75) is 6.18 Å². The molecule has 2 heterocycles. The fourth-order valence-electron chi connectivity index (χ4n) is 1.39. The van der Waals surface area contributed by atoms with Gasteiger partial charge in [0.15, 0.2) is 0 Å². The van der Waals surface area contributed by atoms with Crippen LogP contribution in [0.3, 0.4) is 0 Å². The lowest BCUT2D eigenvalue weighted by atomic mass is 10.4. The van der Waals surface area contributed by atoms with Gasteiger partial charge in [-0.2, -0.15) is 31.4 Å². The van der Waals surface area contributed by atoms with Gasteiger partial charge in [-0.1, -0.05) is 0 Å². The van der Waals surface area contributed by atoms with E-state index in [0.717, 1.165) is 12.3 Å². The van der Waals surface area contributed by atoms with E-state index in [1.165, 1.54) is 28.0 Å². The summed E-state index contributed by atoms with van der Waals surface area (Å²) >= 11 is 0. The van der Waals surface area contributed by atoms with Crippen molar-refractivity contribution in [3.8, 4) is 16.9 Å². The van der Waals surface area contributed by atoms with Crippen molar-refractivity contribution >= 4 is 10.0 Å². The molecule has 0 amide bonds. The van der Waals surface area contributed by atoms with Gasteiger partial charge in [-0.3, -0.25) is 4.98 Å². The van der Waals surface area contributed by atoms with Gasteiger partial charge in [0.25, 0.3) is 10.0 Å². The zero-order valence-electron chi connectivity index (χ0n) is 11.2. The second-order valence-electron chi connectivity index (χ2n) is 4.20. The highest BCUT2D eigenvalue weighted by Gasteiger charge is 2.28. The zero-order valence-corrected chi connectivity index (χ0v) is 12.0. The largest absolute Gasteiger partial charge is 0.402 e. The summed E-state index contributed by atoms with van der Waals surface area (Å²) in [6.07, 6.45) is 0.0887. The predicted octanol–water partition coefficient (Wildman–Crippen LogP) is 1.20. The molecule has 0 atom stereocenters. The molecule has 1 N–H and O–H groups in total. The van der Waals surface area contributed by atoms with Crippen LogP contribution >= 0.6 is 0 Å². The average molecular weight is 348 g/mol. The zero-order chi connectivity index (χ0) is 17.1. The van der Waals surface area contributed by atoms with E-state index in [1.807, 2.05) is 0 Å². The topological polar surface area (TPSA) is 76.9 Å². The number of nitrogens with one attached hydrogen (secondary N) is 1. The summed E-state index contributed by atoms with van der Waals surface area (Å²) in [4.78, 5) is 3.62. The highest BCUT2D eigenvalue weighted by Crippen LogP contribution is 2.12. The molecule has 0 bridgehead atoms. The Bertz CT molecular complexity index is 865. The first-order valence-electron chi connectivity index (χ1n) is 5.89. The Hall–Kier alpha value is -2.45. The van der Waals surface area contributed by atoms with Gasteiger partial charge in [-0.25, -0.2) is 9.07 Å². The van der Waals surface area contributed by atoms with Gasteiger partial charge < -0.3 is 0 Å². The van der Waals surface area contributed by atoms with E-state index in [-0.39, 0.29) is 11.3 Å². The molecule has 2 aromatic rings. The Morgan fingerprint density at radius 2 is 2.00 bits per heavy atom. The van der Waals surface area contributed by atoms with Gasteiger partial charge in [0.2, 0.25) is 0 Å². The predicted molar refractivity (Wildman–Crippen MR) is 71.2 cm³/mol. The minimum absolute atomic E-state index is 0.117. The third kappa shape index (κ3) is 5.35. The Labute approximate surface area is 128 Å². The summed E-state index contributed by atoms with van der Waals surface area (Å²) < 4.78 is 74.0. The lowest BCUT2D eigenvalue weighted by Crippen LogP contribution is -2.32. The van der Waals surface area contributed by atoms with Crippen LogP contribution in [0.25, 0.3) is 5.69 Å². The fourth-order valence-corrected chi connectivity index (χ4v) is 2.07. The van der Waals surface area contributed by atoms with Crippen LogP contribution in [-0.2, 0) is 10.0 Å². The number of alkyl halides is 3. The van der Waals surface area contributed by atoms with Crippen LogP contribution < -0.4 is 4.72 Å². The molecule has 0 spiro atoms. The van der Waals surface area contributed by atoms with Gasteiger partial charge in [-0.05, 0) is 5.92 Å². The molecule has 0 saturated heterocycles. The Kier molecular flexibility index (Phi) is 4.67. The lowest BCUT2D eigenvalue weighted by Gasteiger charge is -2.04. The molecule has 23 heavy (non-hydrogen) atoms. The van der Waals surface area contributed by atoms with E-state index in [2.05, 4.69) is 16.0 Å². The van der Waals surface area contributed by atoms with E-state index in [1.54, 1.807) is 5.25 Å². The van der Waals surface area contributed by atoms with E-state index in [4.69, 9.17) is 0 Å². The Morgan fingerprint density at radius 3 is 2.65 bits per heavy atom. The number of aromatic nitrogens is 3. The Balaban J connectivity index is 2.14. The van der Waals surface area contributed by atoms with Gasteiger partial charge in [0.05, 0.1) is 29.8 Å². The first-order valence-corrected chi connectivity index (χ1v) is 7.38. The van der Waals surface area contributed by atoms with Crippen molar-refractivity contribution in [1.82, 2.24) is 19.5 Å². The summed E-state index contributed by atoms with van der Waals surface area (Å²) in [5.74, 6) is 1.57. The molecule has 0 aliphatic heterocycles. The summed E-state index contributed by atoms with van der Waals surface area (Å²) in [5, 5.41) is 5.52. The molecule has 2 aromatic heterocycles. The number of hydrogen-bond donors (Lipinski definition) is 1. The highest BCUT2D eigenvalue weighted by atomic mass is 32.2. The molecule has 6 nitrogen and oxygen atoms in total.